The SMILES string of the molecule is COC1CN(Cc2ccc([C@H]3COC4=CC=CNC4O3)cc2)C1. The fourth-order valence-corrected chi connectivity index (χ4v) is 3.13. The lowest BCUT2D eigenvalue weighted by Crippen LogP contribution is -2.50. The summed E-state index contributed by atoms with van der Waals surface area (Å²) < 4.78 is 17.2. The molecule has 0 aromatic heterocycles. The zero-order chi connectivity index (χ0) is 15.6. The third-order valence-electron chi connectivity index (χ3n) is 4.58. The fraction of sp³-hybridized carbons (Fsp3) is 0.444. The van der Waals surface area contributed by atoms with E-state index in [-0.39, 0.29) is 12.3 Å². The molecule has 0 amide bonds. The molecule has 2 fully saturated rings. The van der Waals surface area contributed by atoms with E-state index >= 15 is 0 Å². The van der Waals surface area contributed by atoms with Gasteiger partial charge in [0.05, 0.1) is 6.10 Å². The molecule has 0 spiro atoms. The Bertz CT molecular complexity index is 605. The molecule has 2 saturated heterocycles. The van der Waals surface area contributed by atoms with Gasteiger partial charge in [0, 0.05) is 26.7 Å². The molecule has 5 heteroatoms. The molecular weight excluding hydrogens is 292 g/mol. The fourth-order valence-electron chi connectivity index (χ4n) is 3.13. The molecular formula is C18H22N2O3. The van der Waals surface area contributed by atoms with Crippen LogP contribution in [0.2, 0.25) is 0 Å². The monoisotopic (exact) mass is 314 g/mol. The summed E-state index contributed by atoms with van der Waals surface area (Å²) in [6.07, 6.45) is 5.94. The Morgan fingerprint density at radius 3 is 2.87 bits per heavy atom. The molecule has 3 aliphatic rings. The van der Waals surface area contributed by atoms with E-state index in [0.29, 0.717) is 12.7 Å². The van der Waals surface area contributed by atoms with E-state index in [4.69, 9.17) is 14.2 Å². The average molecular weight is 314 g/mol. The van der Waals surface area contributed by atoms with Gasteiger partial charge in [-0.15, -0.1) is 0 Å². The zero-order valence-corrected chi connectivity index (χ0v) is 13.3. The first-order valence-electron chi connectivity index (χ1n) is 8.07. The minimum absolute atomic E-state index is 0.0351. The van der Waals surface area contributed by atoms with E-state index < -0.39 is 0 Å². The molecule has 0 radical (unpaired) electrons. The van der Waals surface area contributed by atoms with E-state index in [0.717, 1.165) is 31.0 Å². The van der Waals surface area contributed by atoms with Gasteiger partial charge in [0.2, 0.25) is 0 Å². The van der Waals surface area contributed by atoms with Gasteiger partial charge in [-0.2, -0.15) is 0 Å². The van der Waals surface area contributed by atoms with Crippen LogP contribution in [0.5, 0.6) is 0 Å². The van der Waals surface area contributed by atoms with Crippen molar-refractivity contribution >= 4 is 0 Å². The van der Waals surface area contributed by atoms with Crippen molar-refractivity contribution in [3.05, 3.63) is 59.5 Å². The predicted molar refractivity (Wildman–Crippen MR) is 86.4 cm³/mol. The molecule has 3 aliphatic heterocycles. The van der Waals surface area contributed by atoms with Gasteiger partial charge in [0.25, 0.3) is 0 Å². The number of nitrogens with one attached hydrogen (secondary N) is 1. The maximum Gasteiger partial charge on any atom is 0.186 e. The molecule has 0 bridgehead atoms. The number of dihydropyridines is 1. The lowest BCUT2D eigenvalue weighted by molar-refractivity contribution is -0.109. The number of likely N-dealkylation sites (tertiary alicyclic amines) is 1. The topological polar surface area (TPSA) is 43.0 Å². The summed E-state index contributed by atoms with van der Waals surface area (Å²) in [5.41, 5.74) is 2.47. The summed E-state index contributed by atoms with van der Waals surface area (Å²) >= 11 is 0. The van der Waals surface area contributed by atoms with Gasteiger partial charge in [0.1, 0.15) is 18.5 Å². The number of benzene rings is 1. The Morgan fingerprint density at radius 1 is 1.26 bits per heavy atom. The second-order valence-corrected chi connectivity index (χ2v) is 6.20. The van der Waals surface area contributed by atoms with Crippen LogP contribution in [-0.4, -0.2) is 44.0 Å². The van der Waals surface area contributed by atoms with Gasteiger partial charge in [-0.3, -0.25) is 4.90 Å². The number of hydrogen-bond acceptors (Lipinski definition) is 5. The number of hydrogen-bond donors (Lipinski definition) is 1. The lowest BCUT2D eigenvalue weighted by atomic mass is 10.0. The van der Waals surface area contributed by atoms with Gasteiger partial charge in [-0.25, -0.2) is 0 Å². The highest BCUT2D eigenvalue weighted by Crippen LogP contribution is 2.29. The van der Waals surface area contributed by atoms with E-state index in [9.17, 15) is 0 Å². The maximum atomic E-state index is 6.08. The number of methoxy groups -OCH3 is 1. The molecule has 2 atom stereocenters. The highest BCUT2D eigenvalue weighted by Gasteiger charge is 2.29. The summed E-state index contributed by atoms with van der Waals surface area (Å²) in [5.74, 6) is 0.853. The van der Waals surface area contributed by atoms with E-state index in [1.807, 2.05) is 18.4 Å². The lowest BCUT2D eigenvalue weighted by Gasteiger charge is -2.38. The van der Waals surface area contributed by atoms with Gasteiger partial charge in [-0.05, 0) is 29.5 Å². The van der Waals surface area contributed by atoms with Crippen molar-refractivity contribution in [3.63, 3.8) is 0 Å². The van der Waals surface area contributed by atoms with Crippen LogP contribution in [0.25, 0.3) is 0 Å². The van der Waals surface area contributed by atoms with Crippen molar-refractivity contribution in [2.75, 3.05) is 26.8 Å². The van der Waals surface area contributed by atoms with E-state index in [2.05, 4.69) is 34.5 Å². The molecule has 0 aliphatic carbocycles. The van der Waals surface area contributed by atoms with Crippen LogP contribution < -0.4 is 5.32 Å². The van der Waals surface area contributed by atoms with E-state index in [1.165, 1.54) is 5.56 Å². The highest BCUT2D eigenvalue weighted by atomic mass is 16.6. The quantitative estimate of drug-likeness (QED) is 0.920. The van der Waals surface area contributed by atoms with Crippen molar-refractivity contribution in [2.24, 2.45) is 0 Å². The first-order chi connectivity index (χ1) is 11.3. The third kappa shape index (κ3) is 3.13. The highest BCUT2D eigenvalue weighted by molar-refractivity contribution is 5.26. The van der Waals surface area contributed by atoms with Crippen LogP contribution in [0, 0.1) is 0 Å². The summed E-state index contributed by atoms with van der Waals surface area (Å²) in [6.45, 7) is 3.57. The number of allylic oxidation sites excluding steroid dienone is 2. The summed E-state index contributed by atoms with van der Waals surface area (Å²) in [6, 6.07) is 8.64. The Balaban J connectivity index is 1.35. The Labute approximate surface area is 136 Å². The molecule has 1 N–H and O–H groups in total. The molecule has 122 valence electrons. The van der Waals surface area contributed by atoms with Crippen LogP contribution in [0.3, 0.4) is 0 Å². The van der Waals surface area contributed by atoms with Crippen molar-refractivity contribution < 1.29 is 14.2 Å². The van der Waals surface area contributed by atoms with Gasteiger partial charge < -0.3 is 19.5 Å². The summed E-state index contributed by atoms with van der Waals surface area (Å²) in [5, 5.41) is 3.17. The predicted octanol–water partition coefficient (Wildman–Crippen LogP) is 1.93. The number of ether oxygens (including phenoxy) is 3. The van der Waals surface area contributed by atoms with E-state index in [1.54, 1.807) is 7.11 Å². The zero-order valence-electron chi connectivity index (χ0n) is 13.3. The van der Waals surface area contributed by atoms with Crippen LogP contribution in [0.1, 0.15) is 17.2 Å². The van der Waals surface area contributed by atoms with Crippen molar-refractivity contribution in [2.45, 2.75) is 25.0 Å². The largest absolute Gasteiger partial charge is 0.490 e. The van der Waals surface area contributed by atoms with Gasteiger partial charge >= 0.3 is 0 Å². The molecule has 5 nitrogen and oxygen atoms in total. The minimum atomic E-state index is -0.175. The Hall–Kier alpha value is -1.82. The minimum Gasteiger partial charge on any atom is -0.490 e. The van der Waals surface area contributed by atoms with Crippen molar-refractivity contribution in [3.8, 4) is 0 Å². The second kappa shape index (κ2) is 6.35. The van der Waals surface area contributed by atoms with Crippen LogP contribution >= 0.6 is 0 Å². The molecule has 4 rings (SSSR count). The van der Waals surface area contributed by atoms with Crippen LogP contribution in [0.15, 0.2) is 48.4 Å². The summed E-state index contributed by atoms with van der Waals surface area (Å²) in [7, 11) is 1.78. The molecule has 0 saturated carbocycles. The normalized spacial score (nSPS) is 27.4. The number of rotatable bonds is 4. The molecule has 23 heavy (non-hydrogen) atoms. The second-order valence-electron chi connectivity index (χ2n) is 6.20. The molecule has 1 unspecified atom stereocenters. The Kier molecular flexibility index (Phi) is 4.08. The van der Waals surface area contributed by atoms with Gasteiger partial charge in [0.15, 0.2) is 6.23 Å². The smallest absolute Gasteiger partial charge is 0.186 e. The first-order valence-corrected chi connectivity index (χ1v) is 8.07. The van der Waals surface area contributed by atoms with Crippen LogP contribution in [-0.2, 0) is 20.8 Å². The number of nitrogens with zero attached hydrogens (tertiary/aromatic N) is 1. The summed E-state index contributed by atoms with van der Waals surface area (Å²) in [4.78, 5) is 2.39. The standard InChI is InChI=1S/C18H22N2O3/c1-21-15-10-20(11-15)9-13-4-6-14(7-5-13)17-12-22-16-3-2-8-19-18(16)23-17/h2-8,15,17-19H,9-12H2,1H3/t17-,18?/m1/s1. The number of fused-ring (bicyclic) bond motifs is 1. The average Bonchev–Trinajstić information content (AvgIpc) is 2.58. The first kappa shape index (κ1) is 14.8. The molecule has 1 aromatic carbocycles. The molecule has 1 aromatic rings. The van der Waals surface area contributed by atoms with Gasteiger partial charge in [-0.1, -0.05) is 24.3 Å². The Morgan fingerprint density at radius 2 is 2.09 bits per heavy atom. The maximum absolute atomic E-state index is 6.08. The molecule has 3 heterocycles. The van der Waals surface area contributed by atoms with Crippen molar-refractivity contribution in [1.29, 1.82) is 0 Å². The third-order valence-corrected chi connectivity index (χ3v) is 4.58. The van der Waals surface area contributed by atoms with Crippen LogP contribution in [0.4, 0.5) is 0 Å². The van der Waals surface area contributed by atoms with Crippen molar-refractivity contribution in [1.82, 2.24) is 10.2 Å².